The van der Waals surface area contributed by atoms with Crippen LogP contribution in [0.15, 0.2) is 54.6 Å². The van der Waals surface area contributed by atoms with Gasteiger partial charge in [-0.2, -0.15) is 0 Å². The number of likely N-dealkylation sites (N-methyl/N-ethyl adjacent to an activating group) is 1. The van der Waals surface area contributed by atoms with Gasteiger partial charge in [0.1, 0.15) is 11.6 Å². The normalized spacial score (nSPS) is 25.6. The molecule has 0 spiro atoms. The lowest BCUT2D eigenvalue weighted by Crippen LogP contribution is -2.48. The third kappa shape index (κ3) is 6.13. The van der Waals surface area contributed by atoms with Crippen LogP contribution in [0.5, 0.6) is 0 Å². The molecule has 5 saturated heterocycles. The molecule has 0 saturated carbocycles. The number of carbonyl (C=O) groups excluding carboxylic acids is 2. The number of piperazine rings is 1. The average Bonchev–Trinajstić information content (AvgIpc) is 3.50. The van der Waals surface area contributed by atoms with Gasteiger partial charge < -0.3 is 39.7 Å². The van der Waals surface area contributed by atoms with Crippen molar-refractivity contribution in [2.24, 2.45) is 0 Å². The average molecular weight is 639 g/mol. The molecule has 246 valence electrons. The molecule has 2 aromatic carbocycles. The molecule has 8 rings (SSSR count). The van der Waals surface area contributed by atoms with Crippen molar-refractivity contribution in [3.63, 3.8) is 0 Å². The molecule has 6 heterocycles. The number of hydrogen-bond acceptors (Lipinski definition) is 9. The molecule has 3 amide bonds. The van der Waals surface area contributed by atoms with Crippen LogP contribution in [-0.2, 0) is 9.47 Å². The van der Waals surface area contributed by atoms with Crippen LogP contribution in [0.4, 0.5) is 27.8 Å². The minimum absolute atomic E-state index is 0.0189. The van der Waals surface area contributed by atoms with Gasteiger partial charge in [-0.1, -0.05) is 0 Å². The minimum atomic E-state index is -0.359. The van der Waals surface area contributed by atoms with Crippen molar-refractivity contribution < 1.29 is 19.1 Å². The highest BCUT2D eigenvalue weighted by molar-refractivity contribution is 6.00. The molecule has 4 bridgehead atoms. The zero-order valence-electron chi connectivity index (χ0n) is 26.8. The van der Waals surface area contributed by atoms with E-state index in [0.717, 1.165) is 95.5 Å². The van der Waals surface area contributed by atoms with E-state index in [2.05, 4.69) is 38.4 Å². The summed E-state index contributed by atoms with van der Waals surface area (Å²) in [5.74, 6) is 2.62. The fraction of sp³-hybridized carbons (Fsp3) is 0.486. The van der Waals surface area contributed by atoms with E-state index in [1.807, 2.05) is 29.2 Å². The molecule has 1 aromatic heterocycles. The van der Waals surface area contributed by atoms with Gasteiger partial charge in [0.15, 0.2) is 5.82 Å². The summed E-state index contributed by atoms with van der Waals surface area (Å²) >= 11 is 0. The number of fused-ring (bicyclic) bond motifs is 4. The Morgan fingerprint density at radius 1 is 0.681 bits per heavy atom. The highest BCUT2D eigenvalue weighted by atomic mass is 16.5. The molecular formula is C35H42N8O4. The van der Waals surface area contributed by atoms with Crippen LogP contribution in [0, 0.1) is 0 Å². The van der Waals surface area contributed by atoms with Crippen LogP contribution < -0.4 is 20.4 Å². The topological polar surface area (TPSA) is 115 Å². The standard InChI is InChI=1S/C35H42N8O4/c1-40-14-16-41(17-15-40)34(44)24-4-8-26(9-5-24)37-35(45)36-25-6-2-23(3-7-25)33-38-31(42-27-10-11-28(42)20-46-19-27)18-32(39-33)43-29-12-13-30(43)22-47-21-29/h2-9,18,27-30H,10-17,19-22H2,1H3,(H2,36,37,45). The Kier molecular flexibility index (Phi) is 8.16. The first-order valence-corrected chi connectivity index (χ1v) is 16.9. The zero-order chi connectivity index (χ0) is 31.9. The van der Waals surface area contributed by atoms with E-state index in [4.69, 9.17) is 19.4 Å². The van der Waals surface area contributed by atoms with Crippen LogP contribution in [0.2, 0.25) is 0 Å². The predicted molar refractivity (Wildman–Crippen MR) is 180 cm³/mol. The first kappa shape index (κ1) is 30.1. The van der Waals surface area contributed by atoms with Crippen molar-refractivity contribution in [2.75, 3.05) is 80.1 Å². The SMILES string of the molecule is CN1CCN(C(=O)c2ccc(NC(=O)Nc3ccc(-c4nc(N5C6CCC5COC6)cc(N5C6CCC5COC6)n4)cc3)cc2)CC1. The summed E-state index contributed by atoms with van der Waals surface area (Å²) in [6.45, 7) is 6.11. The minimum Gasteiger partial charge on any atom is -0.377 e. The van der Waals surface area contributed by atoms with E-state index in [9.17, 15) is 9.59 Å². The largest absolute Gasteiger partial charge is 0.377 e. The number of anilines is 4. The Labute approximate surface area is 275 Å². The molecule has 2 N–H and O–H groups in total. The summed E-state index contributed by atoms with van der Waals surface area (Å²) in [4.78, 5) is 44.9. The van der Waals surface area contributed by atoms with E-state index in [1.165, 1.54) is 0 Å². The fourth-order valence-electron chi connectivity index (χ4n) is 7.71. The van der Waals surface area contributed by atoms with Crippen molar-refractivity contribution in [1.82, 2.24) is 19.8 Å². The number of morpholine rings is 2. The smallest absolute Gasteiger partial charge is 0.323 e. The Morgan fingerprint density at radius 2 is 1.15 bits per heavy atom. The summed E-state index contributed by atoms with van der Waals surface area (Å²) in [6.07, 6.45) is 4.46. The van der Waals surface area contributed by atoms with Gasteiger partial charge in [-0.3, -0.25) is 4.79 Å². The summed E-state index contributed by atoms with van der Waals surface area (Å²) in [5, 5.41) is 5.78. The summed E-state index contributed by atoms with van der Waals surface area (Å²) < 4.78 is 11.7. The first-order valence-electron chi connectivity index (χ1n) is 16.9. The second kappa shape index (κ2) is 12.7. The molecule has 3 aromatic rings. The summed E-state index contributed by atoms with van der Waals surface area (Å²) in [7, 11) is 2.06. The van der Waals surface area contributed by atoms with E-state index >= 15 is 0 Å². The molecule has 12 heteroatoms. The third-order valence-corrected chi connectivity index (χ3v) is 10.3. The molecule has 5 aliphatic heterocycles. The number of nitrogens with one attached hydrogen (secondary N) is 2. The zero-order valence-corrected chi connectivity index (χ0v) is 26.8. The van der Waals surface area contributed by atoms with Crippen LogP contribution in [0.1, 0.15) is 36.0 Å². The lowest BCUT2D eigenvalue weighted by Gasteiger charge is -2.38. The van der Waals surface area contributed by atoms with Crippen LogP contribution in [-0.4, -0.2) is 116 Å². The number of hydrogen-bond donors (Lipinski definition) is 2. The molecule has 4 unspecified atom stereocenters. The Hall–Kier alpha value is -4.26. The Bertz CT molecular complexity index is 1530. The molecular weight excluding hydrogens is 596 g/mol. The van der Waals surface area contributed by atoms with Gasteiger partial charge in [-0.25, -0.2) is 14.8 Å². The second-order valence-electron chi connectivity index (χ2n) is 13.4. The summed E-state index contributed by atoms with van der Waals surface area (Å²) in [5.41, 5.74) is 2.77. The van der Waals surface area contributed by atoms with E-state index in [-0.39, 0.29) is 11.9 Å². The molecule has 47 heavy (non-hydrogen) atoms. The molecule has 5 fully saturated rings. The van der Waals surface area contributed by atoms with Gasteiger partial charge in [0, 0.05) is 54.7 Å². The Morgan fingerprint density at radius 3 is 1.64 bits per heavy atom. The number of ether oxygens (including phenoxy) is 2. The highest BCUT2D eigenvalue weighted by Gasteiger charge is 2.41. The van der Waals surface area contributed by atoms with E-state index < -0.39 is 0 Å². The van der Waals surface area contributed by atoms with Crippen LogP contribution in [0.25, 0.3) is 11.4 Å². The van der Waals surface area contributed by atoms with Gasteiger partial charge >= 0.3 is 6.03 Å². The van der Waals surface area contributed by atoms with Crippen molar-refractivity contribution >= 4 is 34.9 Å². The summed E-state index contributed by atoms with van der Waals surface area (Å²) in [6, 6.07) is 17.9. The quantitative estimate of drug-likeness (QED) is 0.415. The van der Waals surface area contributed by atoms with E-state index in [1.54, 1.807) is 24.3 Å². The van der Waals surface area contributed by atoms with Crippen LogP contribution in [0.3, 0.4) is 0 Å². The molecule has 0 radical (unpaired) electrons. The van der Waals surface area contributed by atoms with Crippen molar-refractivity contribution in [3.8, 4) is 11.4 Å². The lowest BCUT2D eigenvalue weighted by molar-refractivity contribution is 0.0664. The first-order chi connectivity index (χ1) is 23.0. The predicted octanol–water partition coefficient (Wildman–Crippen LogP) is 3.91. The molecule has 4 atom stereocenters. The van der Waals surface area contributed by atoms with Gasteiger partial charge in [0.05, 0.1) is 50.6 Å². The lowest BCUT2D eigenvalue weighted by atomic mass is 10.1. The number of carbonyl (C=O) groups is 2. The highest BCUT2D eigenvalue weighted by Crippen LogP contribution is 2.39. The number of amides is 3. The van der Waals surface area contributed by atoms with Crippen molar-refractivity contribution in [1.29, 1.82) is 0 Å². The number of rotatable bonds is 6. The molecule has 5 aliphatic rings. The Balaban J connectivity index is 0.963. The van der Waals surface area contributed by atoms with Gasteiger partial charge in [-0.15, -0.1) is 0 Å². The second-order valence-corrected chi connectivity index (χ2v) is 13.4. The third-order valence-electron chi connectivity index (χ3n) is 10.3. The van der Waals surface area contributed by atoms with Gasteiger partial charge in [-0.05, 0) is 81.3 Å². The van der Waals surface area contributed by atoms with Gasteiger partial charge in [0.2, 0.25) is 0 Å². The van der Waals surface area contributed by atoms with Crippen molar-refractivity contribution in [3.05, 3.63) is 60.2 Å². The maximum Gasteiger partial charge on any atom is 0.323 e. The van der Waals surface area contributed by atoms with Gasteiger partial charge in [0.25, 0.3) is 5.91 Å². The maximum atomic E-state index is 12.9. The number of nitrogens with zero attached hydrogens (tertiary/aromatic N) is 6. The van der Waals surface area contributed by atoms with Crippen LogP contribution >= 0.6 is 0 Å². The molecule has 12 nitrogen and oxygen atoms in total. The number of aromatic nitrogens is 2. The number of urea groups is 1. The monoisotopic (exact) mass is 638 g/mol. The van der Waals surface area contributed by atoms with Crippen molar-refractivity contribution in [2.45, 2.75) is 49.9 Å². The molecule has 0 aliphatic carbocycles. The maximum absolute atomic E-state index is 12.9. The van der Waals surface area contributed by atoms with E-state index in [0.29, 0.717) is 46.9 Å². The fourth-order valence-corrected chi connectivity index (χ4v) is 7.71. The number of benzene rings is 2.